The van der Waals surface area contributed by atoms with Crippen molar-refractivity contribution in [3.63, 3.8) is 0 Å². The van der Waals surface area contributed by atoms with Crippen molar-refractivity contribution in [2.45, 2.75) is 39.3 Å². The number of hydrogen-bond acceptors (Lipinski definition) is 5. The molecule has 0 aromatic carbocycles. The number of nitrogens with zero attached hydrogens (tertiary/aromatic N) is 2. The van der Waals surface area contributed by atoms with Crippen molar-refractivity contribution in [3.05, 3.63) is 21.1 Å². The molecule has 0 bridgehead atoms. The summed E-state index contributed by atoms with van der Waals surface area (Å²) in [6, 6.07) is 1.82. The van der Waals surface area contributed by atoms with Crippen LogP contribution >= 0.6 is 11.3 Å². The summed E-state index contributed by atoms with van der Waals surface area (Å²) in [5.74, 6) is 0.553. The van der Waals surface area contributed by atoms with Crippen LogP contribution in [0.1, 0.15) is 38.2 Å². The molecule has 0 radical (unpaired) electrons. The maximum Gasteiger partial charge on any atom is 0.304 e. The Hall–Kier alpha value is -1.14. The van der Waals surface area contributed by atoms with Gasteiger partial charge in [0.2, 0.25) is 0 Å². The second kappa shape index (κ2) is 4.85. The van der Waals surface area contributed by atoms with Crippen LogP contribution in [-0.4, -0.2) is 22.6 Å². The van der Waals surface area contributed by atoms with Crippen molar-refractivity contribution in [1.29, 1.82) is 0 Å². The zero-order chi connectivity index (χ0) is 13.4. The highest BCUT2D eigenvalue weighted by Gasteiger charge is 2.33. The van der Waals surface area contributed by atoms with E-state index in [1.807, 2.05) is 0 Å². The summed E-state index contributed by atoms with van der Waals surface area (Å²) in [4.78, 5) is 13.5. The van der Waals surface area contributed by atoms with Crippen LogP contribution in [0.3, 0.4) is 0 Å². The number of aliphatic hydroxyl groups is 1. The Kier molecular flexibility index (Phi) is 3.59. The first-order valence-electron chi connectivity index (χ1n) is 6.13. The molecule has 6 heteroatoms. The van der Waals surface area contributed by atoms with Crippen molar-refractivity contribution < 1.29 is 10.0 Å². The highest BCUT2D eigenvalue weighted by Crippen LogP contribution is 2.43. The Labute approximate surface area is 110 Å². The average molecular weight is 270 g/mol. The van der Waals surface area contributed by atoms with Crippen LogP contribution in [0.15, 0.2) is 6.07 Å². The summed E-state index contributed by atoms with van der Waals surface area (Å²) < 4.78 is 0. The third-order valence-electron chi connectivity index (χ3n) is 3.37. The van der Waals surface area contributed by atoms with Crippen LogP contribution < -0.4 is 4.90 Å². The number of anilines is 1. The molecule has 18 heavy (non-hydrogen) atoms. The maximum atomic E-state index is 11.1. The van der Waals surface area contributed by atoms with Crippen LogP contribution in [0.25, 0.3) is 0 Å². The molecule has 100 valence electrons. The van der Waals surface area contributed by atoms with Gasteiger partial charge in [-0.05, 0) is 26.2 Å². The number of hydrogen-bond donors (Lipinski definition) is 1. The first kappa shape index (κ1) is 13.3. The lowest BCUT2D eigenvalue weighted by atomic mass is 10.1. The minimum atomic E-state index is -0.655. The molecule has 0 spiro atoms. The van der Waals surface area contributed by atoms with Crippen LogP contribution in [-0.2, 0) is 0 Å². The first-order chi connectivity index (χ1) is 8.40. The quantitative estimate of drug-likeness (QED) is 0.677. The van der Waals surface area contributed by atoms with Crippen LogP contribution in [0.4, 0.5) is 10.7 Å². The molecule has 1 saturated heterocycles. The van der Waals surface area contributed by atoms with Gasteiger partial charge in [0.15, 0.2) is 5.00 Å². The topological polar surface area (TPSA) is 66.6 Å². The van der Waals surface area contributed by atoms with Crippen molar-refractivity contribution >= 4 is 22.0 Å². The van der Waals surface area contributed by atoms with Gasteiger partial charge in [-0.2, -0.15) is 0 Å². The average Bonchev–Trinajstić information content (AvgIpc) is 2.81. The lowest BCUT2D eigenvalue weighted by molar-refractivity contribution is -0.383. The minimum absolute atomic E-state index is 0.122. The van der Waals surface area contributed by atoms with Gasteiger partial charge in [-0.1, -0.05) is 6.92 Å². The Morgan fingerprint density at radius 1 is 1.61 bits per heavy atom. The molecule has 1 aliphatic rings. The lowest BCUT2D eigenvalue weighted by Gasteiger charge is -2.21. The number of nitro groups is 1. The van der Waals surface area contributed by atoms with Gasteiger partial charge in [-0.3, -0.25) is 10.1 Å². The van der Waals surface area contributed by atoms with Gasteiger partial charge in [0.25, 0.3) is 0 Å². The third kappa shape index (κ3) is 2.35. The van der Waals surface area contributed by atoms with E-state index in [-0.39, 0.29) is 10.6 Å². The second-order valence-electron chi connectivity index (χ2n) is 5.11. The molecular weight excluding hydrogens is 252 g/mol. The van der Waals surface area contributed by atoms with Gasteiger partial charge in [-0.15, -0.1) is 11.3 Å². The molecule has 1 fully saturated rings. The molecule has 3 atom stereocenters. The Bertz CT molecular complexity index is 458. The van der Waals surface area contributed by atoms with Crippen molar-refractivity contribution in [2.24, 2.45) is 5.92 Å². The van der Waals surface area contributed by atoms with Gasteiger partial charge < -0.3 is 10.0 Å². The molecule has 1 aromatic rings. The van der Waals surface area contributed by atoms with Crippen molar-refractivity contribution in [2.75, 3.05) is 11.4 Å². The minimum Gasteiger partial charge on any atom is -0.388 e. The number of thiophene rings is 1. The van der Waals surface area contributed by atoms with E-state index in [0.29, 0.717) is 21.8 Å². The summed E-state index contributed by atoms with van der Waals surface area (Å²) in [6.07, 6.45) is 0.400. The zero-order valence-electron chi connectivity index (χ0n) is 10.8. The van der Waals surface area contributed by atoms with E-state index in [2.05, 4.69) is 18.7 Å². The van der Waals surface area contributed by atoms with E-state index < -0.39 is 6.10 Å². The highest BCUT2D eigenvalue weighted by atomic mass is 32.1. The summed E-state index contributed by atoms with van der Waals surface area (Å²) in [7, 11) is 0. The Morgan fingerprint density at radius 3 is 2.72 bits per heavy atom. The maximum absolute atomic E-state index is 11.1. The Morgan fingerprint density at radius 2 is 2.28 bits per heavy atom. The highest BCUT2D eigenvalue weighted by molar-refractivity contribution is 7.16. The van der Waals surface area contributed by atoms with Gasteiger partial charge >= 0.3 is 5.69 Å². The molecule has 0 saturated carbocycles. The fourth-order valence-corrected chi connectivity index (χ4v) is 3.69. The summed E-state index contributed by atoms with van der Waals surface area (Å²) in [6.45, 7) is 6.73. The molecular formula is C12H18N2O3S. The van der Waals surface area contributed by atoms with E-state index in [4.69, 9.17) is 0 Å². The second-order valence-corrected chi connectivity index (χ2v) is 6.18. The summed E-state index contributed by atoms with van der Waals surface area (Å²) in [5.41, 5.74) is 0.122. The molecule has 0 amide bonds. The first-order valence-corrected chi connectivity index (χ1v) is 6.94. The van der Waals surface area contributed by atoms with Crippen LogP contribution in [0.2, 0.25) is 0 Å². The van der Waals surface area contributed by atoms with Crippen LogP contribution in [0, 0.1) is 16.0 Å². The van der Waals surface area contributed by atoms with Gasteiger partial charge in [-0.25, -0.2) is 0 Å². The molecule has 0 aliphatic carbocycles. The molecule has 1 aliphatic heterocycles. The predicted octanol–water partition coefficient (Wildman–Crippen LogP) is 2.94. The van der Waals surface area contributed by atoms with Gasteiger partial charge in [0.05, 0.1) is 11.0 Å². The molecule has 5 nitrogen and oxygen atoms in total. The standard InChI is InChI=1S/C12H18N2O3S/c1-7-4-8(2)13(6-7)12-10(14(16)17)5-11(18-12)9(3)15/h5,7-9,15H,4,6H2,1-3H3/t7?,8?,9-/m1/s1. The summed E-state index contributed by atoms with van der Waals surface area (Å²) >= 11 is 1.33. The number of aliphatic hydroxyl groups excluding tert-OH is 1. The van der Waals surface area contributed by atoms with E-state index in [0.717, 1.165) is 13.0 Å². The van der Waals surface area contributed by atoms with Gasteiger partial charge in [0.1, 0.15) is 0 Å². The van der Waals surface area contributed by atoms with E-state index in [1.165, 1.54) is 17.4 Å². The molecule has 2 rings (SSSR count). The lowest BCUT2D eigenvalue weighted by Crippen LogP contribution is -2.26. The normalized spacial score (nSPS) is 25.4. The predicted molar refractivity (Wildman–Crippen MR) is 72.2 cm³/mol. The molecule has 2 heterocycles. The van der Waals surface area contributed by atoms with E-state index in [9.17, 15) is 15.2 Å². The van der Waals surface area contributed by atoms with E-state index >= 15 is 0 Å². The third-order valence-corrected chi connectivity index (χ3v) is 4.70. The van der Waals surface area contributed by atoms with Crippen molar-refractivity contribution in [1.82, 2.24) is 0 Å². The van der Waals surface area contributed by atoms with E-state index in [1.54, 1.807) is 6.92 Å². The monoisotopic (exact) mass is 270 g/mol. The fourth-order valence-electron chi connectivity index (χ4n) is 2.52. The van der Waals surface area contributed by atoms with Crippen LogP contribution in [0.5, 0.6) is 0 Å². The SMILES string of the molecule is CC1CC(C)N(c2sc([C@@H](C)O)cc2[N+](=O)[O-])C1. The zero-order valence-corrected chi connectivity index (χ0v) is 11.6. The largest absolute Gasteiger partial charge is 0.388 e. The molecule has 2 unspecified atom stereocenters. The van der Waals surface area contributed by atoms with Crippen molar-refractivity contribution in [3.8, 4) is 0 Å². The number of rotatable bonds is 3. The van der Waals surface area contributed by atoms with Gasteiger partial charge in [0, 0.05) is 23.5 Å². The summed E-state index contributed by atoms with van der Waals surface area (Å²) in [5, 5.41) is 21.4. The Balaban J connectivity index is 2.39. The molecule has 1 aromatic heterocycles. The fraction of sp³-hybridized carbons (Fsp3) is 0.667. The molecule has 1 N–H and O–H groups in total. The smallest absolute Gasteiger partial charge is 0.304 e.